The molecule has 0 saturated carbocycles. The fourth-order valence-electron chi connectivity index (χ4n) is 4.14. The van der Waals surface area contributed by atoms with Gasteiger partial charge in [0.25, 0.3) is 10.0 Å². The molecule has 2 unspecified atom stereocenters. The van der Waals surface area contributed by atoms with Crippen LogP contribution < -0.4 is 14.4 Å². The van der Waals surface area contributed by atoms with Crippen molar-refractivity contribution in [3.8, 4) is 5.75 Å². The third-order valence-electron chi connectivity index (χ3n) is 6.55. The molecule has 3 aromatic carbocycles. The summed E-state index contributed by atoms with van der Waals surface area (Å²) in [5.41, 5.74) is 1.15. The Bertz CT molecular complexity index is 1320. The minimum Gasteiger partial charge on any atom is -0.497 e. The van der Waals surface area contributed by atoms with Crippen LogP contribution >= 0.6 is 0 Å². The molecule has 0 aliphatic carbocycles. The van der Waals surface area contributed by atoms with Gasteiger partial charge in [-0.2, -0.15) is 0 Å². The predicted octanol–water partition coefficient (Wildman–Crippen LogP) is 4.61. The second-order valence-electron chi connectivity index (χ2n) is 9.27. The van der Waals surface area contributed by atoms with E-state index in [0.29, 0.717) is 17.9 Å². The second-order valence-corrected chi connectivity index (χ2v) is 11.1. The SMILES string of the molecule is CCC(C)NC(=O)C(CC)N(Cc1ccccc1)C(=O)CN(c1ccc(OC)cc1)S(=O)(=O)c1ccccc1. The summed E-state index contributed by atoms with van der Waals surface area (Å²) < 4.78 is 33.9. The van der Waals surface area contributed by atoms with Gasteiger partial charge in [0.1, 0.15) is 18.3 Å². The third kappa shape index (κ3) is 7.60. The van der Waals surface area contributed by atoms with E-state index in [-0.39, 0.29) is 23.4 Å². The maximum absolute atomic E-state index is 14.0. The van der Waals surface area contributed by atoms with Crippen molar-refractivity contribution in [2.75, 3.05) is 18.0 Å². The zero-order valence-electron chi connectivity index (χ0n) is 22.9. The lowest BCUT2D eigenvalue weighted by molar-refractivity contribution is -0.140. The monoisotopic (exact) mass is 551 g/mol. The van der Waals surface area contributed by atoms with Crippen molar-refractivity contribution < 1.29 is 22.7 Å². The van der Waals surface area contributed by atoms with Crippen molar-refractivity contribution in [1.29, 1.82) is 0 Å². The lowest BCUT2D eigenvalue weighted by Gasteiger charge is -2.33. The standard InChI is InChI=1S/C30H37N3O5S/c1-5-23(3)31-30(35)28(6-2)32(21-24-13-9-7-10-14-24)29(34)22-33(25-17-19-26(38-4)20-18-25)39(36,37)27-15-11-8-12-16-27/h7-20,23,28H,5-6,21-22H2,1-4H3,(H,31,35). The Balaban J connectivity index is 2.03. The molecule has 3 rings (SSSR count). The molecule has 39 heavy (non-hydrogen) atoms. The molecule has 1 N–H and O–H groups in total. The highest BCUT2D eigenvalue weighted by molar-refractivity contribution is 7.92. The lowest BCUT2D eigenvalue weighted by Crippen LogP contribution is -2.53. The van der Waals surface area contributed by atoms with Gasteiger partial charge in [-0.1, -0.05) is 62.4 Å². The number of anilines is 1. The molecule has 0 aliphatic heterocycles. The van der Waals surface area contributed by atoms with Crippen molar-refractivity contribution >= 4 is 27.5 Å². The van der Waals surface area contributed by atoms with E-state index in [1.54, 1.807) is 42.5 Å². The molecule has 0 saturated heterocycles. The summed E-state index contributed by atoms with van der Waals surface area (Å²) in [4.78, 5) is 28.8. The lowest BCUT2D eigenvalue weighted by atomic mass is 10.1. The molecule has 0 heterocycles. The van der Waals surface area contributed by atoms with Crippen LogP contribution in [0.15, 0.2) is 89.8 Å². The highest BCUT2D eigenvalue weighted by Gasteiger charge is 2.33. The number of nitrogens with zero attached hydrogens (tertiary/aromatic N) is 2. The topological polar surface area (TPSA) is 96.0 Å². The molecule has 2 atom stereocenters. The molecular formula is C30H37N3O5S. The number of hydrogen-bond donors (Lipinski definition) is 1. The van der Waals surface area contributed by atoms with E-state index in [0.717, 1.165) is 16.3 Å². The van der Waals surface area contributed by atoms with Gasteiger partial charge in [-0.25, -0.2) is 8.42 Å². The fourth-order valence-corrected chi connectivity index (χ4v) is 5.57. The van der Waals surface area contributed by atoms with Crippen LogP contribution in [0, 0.1) is 0 Å². The summed E-state index contributed by atoms with van der Waals surface area (Å²) in [6.07, 6.45) is 1.12. The van der Waals surface area contributed by atoms with Crippen molar-refractivity contribution in [3.05, 3.63) is 90.5 Å². The quantitative estimate of drug-likeness (QED) is 0.335. The first kappa shape index (κ1) is 29.7. The van der Waals surface area contributed by atoms with Gasteiger partial charge in [-0.05, 0) is 61.7 Å². The zero-order valence-corrected chi connectivity index (χ0v) is 23.7. The second kappa shape index (κ2) is 13.8. The molecule has 0 aliphatic rings. The highest BCUT2D eigenvalue weighted by atomic mass is 32.2. The Kier molecular flexibility index (Phi) is 10.5. The average Bonchev–Trinajstić information content (AvgIpc) is 2.96. The Hall–Kier alpha value is -3.85. The largest absolute Gasteiger partial charge is 0.497 e. The Morgan fingerprint density at radius 1 is 0.872 bits per heavy atom. The van der Waals surface area contributed by atoms with Crippen LogP contribution in [0.1, 0.15) is 39.2 Å². The molecule has 9 heteroatoms. The van der Waals surface area contributed by atoms with Crippen LogP contribution in [0.4, 0.5) is 5.69 Å². The molecule has 208 valence electrons. The van der Waals surface area contributed by atoms with E-state index < -0.39 is 28.5 Å². The normalized spacial score (nSPS) is 12.7. The summed E-state index contributed by atoms with van der Waals surface area (Å²) in [6.45, 7) is 5.40. The zero-order chi connectivity index (χ0) is 28.4. The Labute approximate surface area is 231 Å². The summed E-state index contributed by atoms with van der Waals surface area (Å²) >= 11 is 0. The number of sulfonamides is 1. The first-order chi connectivity index (χ1) is 18.7. The van der Waals surface area contributed by atoms with E-state index >= 15 is 0 Å². The average molecular weight is 552 g/mol. The minimum atomic E-state index is -4.11. The molecule has 3 aromatic rings. The summed E-state index contributed by atoms with van der Waals surface area (Å²) in [5.74, 6) is -0.195. The van der Waals surface area contributed by atoms with Crippen molar-refractivity contribution in [1.82, 2.24) is 10.2 Å². The Morgan fingerprint density at radius 3 is 2.00 bits per heavy atom. The van der Waals surface area contributed by atoms with E-state index in [9.17, 15) is 18.0 Å². The number of rotatable bonds is 13. The van der Waals surface area contributed by atoms with Gasteiger partial charge in [0.2, 0.25) is 11.8 Å². The van der Waals surface area contributed by atoms with Crippen molar-refractivity contribution in [3.63, 3.8) is 0 Å². The van der Waals surface area contributed by atoms with Crippen LogP contribution in [0.3, 0.4) is 0 Å². The van der Waals surface area contributed by atoms with E-state index in [1.807, 2.05) is 51.1 Å². The van der Waals surface area contributed by atoms with Gasteiger partial charge in [-0.15, -0.1) is 0 Å². The molecule has 0 fully saturated rings. The molecule has 0 aromatic heterocycles. The van der Waals surface area contributed by atoms with Gasteiger partial charge in [0, 0.05) is 12.6 Å². The third-order valence-corrected chi connectivity index (χ3v) is 8.34. The van der Waals surface area contributed by atoms with Crippen LogP contribution in [-0.2, 0) is 26.2 Å². The molecule has 0 radical (unpaired) electrons. The van der Waals surface area contributed by atoms with Crippen LogP contribution in [-0.4, -0.2) is 50.9 Å². The smallest absolute Gasteiger partial charge is 0.264 e. The van der Waals surface area contributed by atoms with E-state index in [4.69, 9.17) is 4.74 Å². The molecular weight excluding hydrogens is 514 g/mol. The highest BCUT2D eigenvalue weighted by Crippen LogP contribution is 2.26. The van der Waals surface area contributed by atoms with Crippen molar-refractivity contribution in [2.45, 2.75) is 57.1 Å². The minimum absolute atomic E-state index is 0.0600. The number of carbonyl (C=O) groups is 2. The number of nitrogens with one attached hydrogen (secondary N) is 1. The number of ether oxygens (including phenoxy) is 1. The number of carbonyl (C=O) groups excluding carboxylic acids is 2. The van der Waals surface area contributed by atoms with Crippen molar-refractivity contribution in [2.24, 2.45) is 0 Å². The van der Waals surface area contributed by atoms with Gasteiger partial charge in [0.15, 0.2) is 0 Å². The maximum atomic E-state index is 14.0. The molecule has 0 bridgehead atoms. The van der Waals surface area contributed by atoms with Crippen LogP contribution in [0.2, 0.25) is 0 Å². The molecule has 8 nitrogen and oxygen atoms in total. The number of amides is 2. The fraction of sp³-hybridized carbons (Fsp3) is 0.333. The maximum Gasteiger partial charge on any atom is 0.264 e. The van der Waals surface area contributed by atoms with Gasteiger partial charge < -0.3 is 15.0 Å². The number of hydrogen-bond acceptors (Lipinski definition) is 5. The predicted molar refractivity (Wildman–Crippen MR) is 153 cm³/mol. The number of methoxy groups -OCH3 is 1. The van der Waals surface area contributed by atoms with Gasteiger partial charge in [-0.3, -0.25) is 13.9 Å². The molecule has 0 spiro atoms. The summed E-state index contributed by atoms with van der Waals surface area (Å²) in [6, 6.07) is 23.0. The Morgan fingerprint density at radius 2 is 1.46 bits per heavy atom. The van der Waals surface area contributed by atoms with Crippen LogP contribution in [0.5, 0.6) is 5.75 Å². The molecule has 2 amide bonds. The first-order valence-corrected chi connectivity index (χ1v) is 14.5. The first-order valence-electron chi connectivity index (χ1n) is 13.1. The van der Waals surface area contributed by atoms with E-state index in [1.165, 1.54) is 24.1 Å². The summed E-state index contributed by atoms with van der Waals surface area (Å²) in [5, 5.41) is 2.98. The van der Waals surface area contributed by atoms with Crippen LogP contribution in [0.25, 0.3) is 0 Å². The van der Waals surface area contributed by atoms with E-state index in [2.05, 4.69) is 5.32 Å². The van der Waals surface area contributed by atoms with Gasteiger partial charge in [0.05, 0.1) is 17.7 Å². The number of benzene rings is 3. The summed E-state index contributed by atoms with van der Waals surface area (Å²) in [7, 11) is -2.58. The van der Waals surface area contributed by atoms with Gasteiger partial charge >= 0.3 is 0 Å².